The zero-order chi connectivity index (χ0) is 47.9. The van der Waals surface area contributed by atoms with Crippen molar-refractivity contribution in [1.82, 2.24) is 5.32 Å². The number of hydrogen-bond acceptors (Lipinski definition) is 5. The van der Waals surface area contributed by atoms with Crippen molar-refractivity contribution in [2.75, 3.05) is 13.2 Å². The predicted octanol–water partition coefficient (Wildman–Crippen LogP) is 18.2. The summed E-state index contributed by atoms with van der Waals surface area (Å²) in [5, 5.41) is 23.3. The first-order chi connectivity index (χ1) is 32.5. The van der Waals surface area contributed by atoms with Gasteiger partial charge in [-0.2, -0.15) is 0 Å². The number of amides is 1. The van der Waals surface area contributed by atoms with E-state index in [1.807, 2.05) is 0 Å². The lowest BCUT2D eigenvalue weighted by atomic mass is 10.0. The van der Waals surface area contributed by atoms with E-state index in [0.717, 1.165) is 44.9 Å². The van der Waals surface area contributed by atoms with Crippen LogP contribution in [-0.2, 0) is 14.3 Å². The molecule has 0 aromatic heterocycles. The predicted molar refractivity (Wildman–Crippen MR) is 287 cm³/mol. The molecule has 0 spiro atoms. The van der Waals surface area contributed by atoms with Gasteiger partial charge in [0.05, 0.1) is 25.4 Å². The number of carbonyl (C=O) groups excluding carboxylic acids is 2. The van der Waals surface area contributed by atoms with Gasteiger partial charge in [0.1, 0.15) is 0 Å². The van der Waals surface area contributed by atoms with Crippen LogP contribution in [0.3, 0.4) is 0 Å². The van der Waals surface area contributed by atoms with Crippen LogP contribution in [0.1, 0.15) is 322 Å². The Balaban J connectivity index is 3.41. The molecule has 3 N–H and O–H groups in total. The van der Waals surface area contributed by atoms with Crippen LogP contribution in [0.4, 0.5) is 0 Å². The lowest BCUT2D eigenvalue weighted by molar-refractivity contribution is -0.143. The van der Waals surface area contributed by atoms with Gasteiger partial charge in [0.15, 0.2) is 0 Å². The Hall–Kier alpha value is -1.66. The topological polar surface area (TPSA) is 95.9 Å². The molecular weight excluding hydrogens is 815 g/mol. The molecule has 66 heavy (non-hydrogen) atoms. The normalized spacial score (nSPS) is 12.7. The summed E-state index contributed by atoms with van der Waals surface area (Å²) in [6.07, 6.45) is 67.5. The fourth-order valence-corrected chi connectivity index (χ4v) is 9.15. The molecule has 0 aromatic rings. The number of unbranched alkanes of at least 4 members (excludes halogenated alkanes) is 40. The number of carbonyl (C=O) groups is 2. The number of nitrogens with one attached hydrogen (secondary N) is 1. The number of allylic oxidation sites excluding steroid dienone is 4. The number of ether oxygens (including phenoxy) is 1. The number of aliphatic hydroxyl groups excluding tert-OH is 2. The highest BCUT2D eigenvalue weighted by Crippen LogP contribution is 2.17. The second-order valence-electron chi connectivity index (χ2n) is 20.3. The van der Waals surface area contributed by atoms with E-state index in [1.54, 1.807) is 0 Å². The quantitative estimate of drug-likeness (QED) is 0.0321. The summed E-state index contributed by atoms with van der Waals surface area (Å²) < 4.78 is 5.45. The highest BCUT2D eigenvalue weighted by Gasteiger charge is 2.20. The number of hydrogen-bond donors (Lipinski definition) is 3. The molecule has 1 amide bonds. The molecule has 0 bridgehead atoms. The van der Waals surface area contributed by atoms with E-state index in [2.05, 4.69) is 43.5 Å². The summed E-state index contributed by atoms with van der Waals surface area (Å²) in [4.78, 5) is 24.5. The first-order valence-electron chi connectivity index (χ1n) is 29.6. The van der Waals surface area contributed by atoms with E-state index < -0.39 is 12.1 Å². The zero-order valence-electron chi connectivity index (χ0n) is 44.4. The molecule has 0 aliphatic heterocycles. The minimum absolute atomic E-state index is 0.000496. The Bertz CT molecular complexity index is 1030. The third kappa shape index (κ3) is 51.7. The molecule has 0 saturated carbocycles. The van der Waals surface area contributed by atoms with Crippen molar-refractivity contribution in [3.63, 3.8) is 0 Å². The SMILES string of the molecule is CCCC/C=C\CCCCCCCC(=O)OCCCCCCCCCCCCCC/C=C\CCCCCCCCCC(=O)NC(CO)C(O)CCCCCCCCCCCCCCCCC. The monoisotopic (exact) mass is 930 g/mol. The Morgan fingerprint density at radius 3 is 1.12 bits per heavy atom. The third-order valence-corrected chi connectivity index (χ3v) is 13.7. The van der Waals surface area contributed by atoms with Gasteiger partial charge < -0.3 is 20.3 Å². The standard InChI is InChI=1S/C60H115NO5/c1-3-5-7-9-11-13-15-16-26-29-33-36-40-44-48-52-58(63)57(56-62)61-59(64)53-49-45-41-37-34-30-27-24-22-20-18-17-19-21-23-25-28-31-35-39-43-47-51-55-66-60(65)54-50-46-42-38-32-14-12-10-8-6-4-2/h10,12,20,22,57-58,62-63H,3-9,11,13-19,21,23-56H2,1-2H3,(H,61,64)/b12-10-,22-20-. The Kier molecular flexibility index (Phi) is 54.5. The lowest BCUT2D eigenvalue weighted by Gasteiger charge is -2.22. The van der Waals surface area contributed by atoms with Gasteiger partial charge in [-0.05, 0) is 70.6 Å². The van der Waals surface area contributed by atoms with Crippen LogP contribution in [0.5, 0.6) is 0 Å². The molecule has 0 rings (SSSR count). The molecule has 6 nitrogen and oxygen atoms in total. The van der Waals surface area contributed by atoms with Crippen LogP contribution in [0, 0.1) is 0 Å². The van der Waals surface area contributed by atoms with Crippen molar-refractivity contribution in [2.24, 2.45) is 0 Å². The molecule has 0 radical (unpaired) electrons. The van der Waals surface area contributed by atoms with Crippen molar-refractivity contribution < 1.29 is 24.5 Å². The molecule has 0 aromatic carbocycles. The first-order valence-corrected chi connectivity index (χ1v) is 29.6. The van der Waals surface area contributed by atoms with Crippen molar-refractivity contribution in [3.8, 4) is 0 Å². The first kappa shape index (κ1) is 64.3. The smallest absolute Gasteiger partial charge is 0.305 e. The van der Waals surface area contributed by atoms with Crippen LogP contribution in [0.25, 0.3) is 0 Å². The second kappa shape index (κ2) is 55.9. The number of esters is 1. The summed E-state index contributed by atoms with van der Waals surface area (Å²) >= 11 is 0. The molecule has 0 saturated heterocycles. The second-order valence-corrected chi connectivity index (χ2v) is 20.3. The van der Waals surface area contributed by atoms with Gasteiger partial charge in [0.2, 0.25) is 5.91 Å². The maximum absolute atomic E-state index is 12.5. The van der Waals surface area contributed by atoms with Gasteiger partial charge in [0, 0.05) is 12.8 Å². The maximum Gasteiger partial charge on any atom is 0.305 e. The maximum atomic E-state index is 12.5. The zero-order valence-corrected chi connectivity index (χ0v) is 44.4. The van der Waals surface area contributed by atoms with Gasteiger partial charge in [-0.25, -0.2) is 0 Å². The van der Waals surface area contributed by atoms with Crippen LogP contribution in [0.15, 0.2) is 24.3 Å². The van der Waals surface area contributed by atoms with Crippen LogP contribution >= 0.6 is 0 Å². The Morgan fingerprint density at radius 1 is 0.409 bits per heavy atom. The molecule has 6 heteroatoms. The summed E-state index contributed by atoms with van der Waals surface area (Å²) in [7, 11) is 0. The summed E-state index contributed by atoms with van der Waals surface area (Å²) in [6.45, 7) is 4.92. The highest BCUT2D eigenvalue weighted by molar-refractivity contribution is 5.76. The minimum Gasteiger partial charge on any atom is -0.466 e. The molecule has 0 fully saturated rings. The highest BCUT2D eigenvalue weighted by atomic mass is 16.5. The van der Waals surface area contributed by atoms with E-state index in [1.165, 1.54) is 244 Å². The van der Waals surface area contributed by atoms with Crippen molar-refractivity contribution in [2.45, 2.75) is 334 Å². The fraction of sp³-hybridized carbons (Fsp3) is 0.900. The minimum atomic E-state index is -0.667. The largest absolute Gasteiger partial charge is 0.466 e. The van der Waals surface area contributed by atoms with Gasteiger partial charge in [0.25, 0.3) is 0 Å². The molecule has 0 aliphatic rings. The van der Waals surface area contributed by atoms with E-state index >= 15 is 0 Å². The fourth-order valence-electron chi connectivity index (χ4n) is 9.15. The van der Waals surface area contributed by atoms with Crippen molar-refractivity contribution >= 4 is 11.9 Å². The van der Waals surface area contributed by atoms with E-state index in [-0.39, 0.29) is 18.5 Å². The van der Waals surface area contributed by atoms with Gasteiger partial charge in [-0.15, -0.1) is 0 Å². The third-order valence-electron chi connectivity index (χ3n) is 13.7. The molecule has 390 valence electrons. The molecule has 2 atom stereocenters. The van der Waals surface area contributed by atoms with E-state index in [0.29, 0.717) is 25.9 Å². The van der Waals surface area contributed by atoms with E-state index in [4.69, 9.17) is 4.74 Å². The van der Waals surface area contributed by atoms with Crippen LogP contribution in [-0.4, -0.2) is 47.4 Å². The Labute approximate surface area is 411 Å². The number of aliphatic hydroxyl groups is 2. The average molecular weight is 931 g/mol. The van der Waals surface area contributed by atoms with Crippen molar-refractivity contribution in [3.05, 3.63) is 24.3 Å². The molecular formula is C60H115NO5. The summed E-state index contributed by atoms with van der Waals surface area (Å²) in [5.41, 5.74) is 0. The van der Waals surface area contributed by atoms with Crippen molar-refractivity contribution in [1.29, 1.82) is 0 Å². The van der Waals surface area contributed by atoms with E-state index in [9.17, 15) is 19.8 Å². The van der Waals surface area contributed by atoms with Gasteiger partial charge >= 0.3 is 5.97 Å². The number of rotatable bonds is 55. The van der Waals surface area contributed by atoms with Gasteiger partial charge in [-0.1, -0.05) is 263 Å². The molecule has 0 heterocycles. The van der Waals surface area contributed by atoms with Crippen LogP contribution < -0.4 is 5.32 Å². The summed E-state index contributed by atoms with van der Waals surface area (Å²) in [6, 6.07) is -0.545. The lowest BCUT2D eigenvalue weighted by Crippen LogP contribution is -2.45. The summed E-state index contributed by atoms with van der Waals surface area (Å²) in [5.74, 6) is -0.0394. The molecule has 2 unspecified atom stereocenters. The van der Waals surface area contributed by atoms with Crippen LogP contribution in [0.2, 0.25) is 0 Å². The molecule has 0 aliphatic carbocycles. The van der Waals surface area contributed by atoms with Gasteiger partial charge in [-0.3, -0.25) is 9.59 Å². The average Bonchev–Trinajstić information content (AvgIpc) is 3.32. The Morgan fingerprint density at radius 2 is 0.727 bits per heavy atom.